The van der Waals surface area contributed by atoms with E-state index < -0.39 is 0 Å². The Morgan fingerprint density at radius 3 is 2.73 bits per heavy atom. The summed E-state index contributed by atoms with van der Waals surface area (Å²) in [6.07, 6.45) is 0. The number of fused-ring (bicyclic) bond motifs is 1. The summed E-state index contributed by atoms with van der Waals surface area (Å²) >= 11 is 7.39. The molecule has 0 fully saturated rings. The first-order chi connectivity index (χ1) is 12.5. The molecule has 3 aromatic rings. The van der Waals surface area contributed by atoms with Gasteiger partial charge in [-0.25, -0.2) is 4.98 Å². The number of carbonyl (C=O) groups is 1. The molecule has 0 bridgehead atoms. The highest BCUT2D eigenvalue weighted by atomic mass is 35.5. The van der Waals surface area contributed by atoms with Crippen molar-refractivity contribution in [1.82, 2.24) is 4.98 Å². The second-order valence-electron chi connectivity index (χ2n) is 5.79. The minimum Gasteiger partial charge on any atom is -0.325 e. The molecule has 1 amide bonds. The van der Waals surface area contributed by atoms with Crippen molar-refractivity contribution in [3.05, 3.63) is 64.3 Å². The predicted molar refractivity (Wildman–Crippen MR) is 107 cm³/mol. The molecule has 6 heteroatoms. The summed E-state index contributed by atoms with van der Waals surface area (Å²) in [5, 5.41) is 15.4. The topological polar surface area (TPSA) is 65.8 Å². The van der Waals surface area contributed by atoms with E-state index in [2.05, 4.69) is 16.4 Å². The molecular formula is C20H16ClN3OS. The number of aryl methyl sites for hydroxylation is 1. The molecule has 0 saturated heterocycles. The van der Waals surface area contributed by atoms with Gasteiger partial charge in [-0.3, -0.25) is 4.79 Å². The number of nitriles is 1. The Bertz CT molecular complexity index is 1040. The van der Waals surface area contributed by atoms with Crippen LogP contribution in [0.15, 0.2) is 47.5 Å². The fourth-order valence-electron chi connectivity index (χ4n) is 2.69. The summed E-state index contributed by atoms with van der Waals surface area (Å²) in [7, 11) is 0. The van der Waals surface area contributed by atoms with Crippen molar-refractivity contribution in [3.63, 3.8) is 0 Å². The predicted octanol–water partition coefficient (Wildman–Crippen LogP) is 5.11. The molecule has 0 aliphatic heterocycles. The number of benzene rings is 2. The first kappa shape index (κ1) is 18.2. The number of aromatic nitrogens is 1. The van der Waals surface area contributed by atoms with Gasteiger partial charge in [0, 0.05) is 11.1 Å². The third-order valence-electron chi connectivity index (χ3n) is 4.02. The van der Waals surface area contributed by atoms with Crippen molar-refractivity contribution in [2.24, 2.45) is 0 Å². The lowest BCUT2D eigenvalue weighted by molar-refractivity contribution is -0.113. The zero-order valence-electron chi connectivity index (χ0n) is 14.3. The summed E-state index contributed by atoms with van der Waals surface area (Å²) in [5.41, 5.74) is 2.54. The summed E-state index contributed by atoms with van der Waals surface area (Å²) in [5.74, 6) is 0.00750. The normalized spacial score (nSPS) is 10.5. The van der Waals surface area contributed by atoms with E-state index in [-0.39, 0.29) is 11.7 Å². The van der Waals surface area contributed by atoms with Gasteiger partial charge in [-0.2, -0.15) is 5.26 Å². The number of hydrogen-bond acceptors (Lipinski definition) is 4. The lowest BCUT2D eigenvalue weighted by Crippen LogP contribution is -2.14. The number of nitrogens with one attached hydrogen (secondary N) is 1. The SMILES string of the molecule is Cc1nc(SCC(=O)Nc2cccc3ccccc23)c(C#N)c(C)c1Cl. The van der Waals surface area contributed by atoms with Gasteiger partial charge < -0.3 is 5.32 Å². The Balaban J connectivity index is 1.77. The van der Waals surface area contributed by atoms with E-state index >= 15 is 0 Å². The van der Waals surface area contributed by atoms with Crippen LogP contribution in [0.2, 0.25) is 5.02 Å². The second-order valence-corrected chi connectivity index (χ2v) is 7.13. The lowest BCUT2D eigenvalue weighted by atomic mass is 10.1. The summed E-state index contributed by atoms with van der Waals surface area (Å²) in [6, 6.07) is 15.8. The molecule has 0 saturated carbocycles. The molecule has 0 spiro atoms. The van der Waals surface area contributed by atoms with Gasteiger partial charge in [-0.15, -0.1) is 0 Å². The van der Waals surface area contributed by atoms with Crippen LogP contribution in [0.3, 0.4) is 0 Å². The number of anilines is 1. The molecular weight excluding hydrogens is 366 g/mol. The maximum Gasteiger partial charge on any atom is 0.234 e. The fraction of sp³-hybridized carbons (Fsp3) is 0.150. The molecule has 1 heterocycles. The van der Waals surface area contributed by atoms with Gasteiger partial charge in [0.1, 0.15) is 11.1 Å². The van der Waals surface area contributed by atoms with Crippen molar-refractivity contribution >= 4 is 45.7 Å². The van der Waals surface area contributed by atoms with Gasteiger partial charge in [0.05, 0.1) is 22.0 Å². The Morgan fingerprint density at radius 1 is 1.23 bits per heavy atom. The summed E-state index contributed by atoms with van der Waals surface area (Å²) in [6.45, 7) is 3.58. The van der Waals surface area contributed by atoms with Gasteiger partial charge in [0.25, 0.3) is 0 Å². The zero-order valence-corrected chi connectivity index (χ0v) is 15.9. The average Bonchev–Trinajstić information content (AvgIpc) is 2.65. The van der Waals surface area contributed by atoms with Gasteiger partial charge in [0.2, 0.25) is 5.91 Å². The molecule has 1 N–H and O–H groups in total. The quantitative estimate of drug-likeness (QED) is 0.638. The van der Waals surface area contributed by atoms with Crippen molar-refractivity contribution < 1.29 is 4.79 Å². The molecule has 130 valence electrons. The summed E-state index contributed by atoms with van der Waals surface area (Å²) < 4.78 is 0. The molecule has 3 rings (SSSR count). The van der Waals surface area contributed by atoms with Crippen LogP contribution in [-0.2, 0) is 4.79 Å². The molecule has 0 radical (unpaired) electrons. The van der Waals surface area contributed by atoms with Gasteiger partial charge in [-0.1, -0.05) is 59.8 Å². The maximum atomic E-state index is 12.4. The highest BCUT2D eigenvalue weighted by molar-refractivity contribution is 8.00. The molecule has 0 atom stereocenters. The van der Waals surface area contributed by atoms with Crippen molar-refractivity contribution in [3.8, 4) is 6.07 Å². The molecule has 4 nitrogen and oxygen atoms in total. The average molecular weight is 382 g/mol. The Labute approximate surface area is 161 Å². The van der Waals surface area contributed by atoms with Crippen molar-refractivity contribution in [1.29, 1.82) is 5.26 Å². The zero-order chi connectivity index (χ0) is 18.7. The third-order valence-corrected chi connectivity index (χ3v) is 5.55. The van der Waals surface area contributed by atoms with E-state index in [9.17, 15) is 10.1 Å². The molecule has 2 aromatic carbocycles. The Hall–Kier alpha value is -2.55. The van der Waals surface area contributed by atoms with E-state index in [1.54, 1.807) is 13.8 Å². The number of halogens is 1. The van der Waals surface area contributed by atoms with E-state index in [1.165, 1.54) is 11.8 Å². The van der Waals surface area contributed by atoms with Gasteiger partial charge >= 0.3 is 0 Å². The van der Waals surface area contributed by atoms with Crippen LogP contribution in [0, 0.1) is 25.2 Å². The number of nitrogens with zero attached hydrogens (tertiary/aromatic N) is 2. The fourth-order valence-corrected chi connectivity index (χ4v) is 3.71. The molecule has 0 unspecified atom stereocenters. The Kier molecular flexibility index (Phi) is 5.46. The standard InChI is InChI=1S/C20H16ClN3OS/c1-12-16(10-22)20(23-13(2)19(12)21)26-11-18(25)24-17-9-5-7-14-6-3-4-8-15(14)17/h3-9H,11H2,1-2H3,(H,24,25). The summed E-state index contributed by atoms with van der Waals surface area (Å²) in [4.78, 5) is 16.8. The first-order valence-electron chi connectivity index (χ1n) is 7.98. The largest absolute Gasteiger partial charge is 0.325 e. The van der Waals surface area contributed by atoms with Gasteiger partial charge in [-0.05, 0) is 30.9 Å². The number of thioether (sulfide) groups is 1. The highest BCUT2D eigenvalue weighted by Crippen LogP contribution is 2.30. The van der Waals surface area contributed by atoms with Crippen LogP contribution in [0.25, 0.3) is 10.8 Å². The minimum absolute atomic E-state index is 0.151. The van der Waals surface area contributed by atoms with E-state index in [0.717, 1.165) is 16.5 Å². The van der Waals surface area contributed by atoms with Gasteiger partial charge in [0.15, 0.2) is 0 Å². The first-order valence-corrected chi connectivity index (χ1v) is 9.35. The minimum atomic E-state index is -0.151. The smallest absolute Gasteiger partial charge is 0.234 e. The molecule has 0 aliphatic carbocycles. The van der Waals surface area contributed by atoms with Crippen molar-refractivity contribution in [2.45, 2.75) is 18.9 Å². The van der Waals surface area contributed by atoms with Crippen LogP contribution in [0.5, 0.6) is 0 Å². The number of pyridine rings is 1. The number of carbonyl (C=O) groups excluding carboxylic acids is 1. The van der Waals surface area contributed by atoms with Crippen LogP contribution < -0.4 is 5.32 Å². The highest BCUT2D eigenvalue weighted by Gasteiger charge is 2.15. The van der Waals surface area contributed by atoms with Crippen molar-refractivity contribution in [2.75, 3.05) is 11.1 Å². The van der Waals surface area contributed by atoms with E-state index in [1.807, 2.05) is 42.5 Å². The van der Waals surface area contributed by atoms with E-state index in [0.29, 0.717) is 26.9 Å². The van der Waals surface area contributed by atoms with Crippen LogP contribution in [-0.4, -0.2) is 16.6 Å². The number of hydrogen-bond donors (Lipinski definition) is 1. The van der Waals surface area contributed by atoms with Crippen LogP contribution >= 0.6 is 23.4 Å². The maximum absolute atomic E-state index is 12.4. The number of rotatable bonds is 4. The molecule has 1 aromatic heterocycles. The number of amides is 1. The Morgan fingerprint density at radius 2 is 1.96 bits per heavy atom. The lowest BCUT2D eigenvalue weighted by Gasteiger charge is -2.11. The monoisotopic (exact) mass is 381 g/mol. The van der Waals surface area contributed by atoms with E-state index in [4.69, 9.17) is 11.6 Å². The van der Waals surface area contributed by atoms with Crippen LogP contribution in [0.1, 0.15) is 16.8 Å². The second kappa shape index (κ2) is 7.77. The molecule has 0 aliphatic rings. The third kappa shape index (κ3) is 3.67. The molecule has 26 heavy (non-hydrogen) atoms. The van der Waals surface area contributed by atoms with Crippen LogP contribution in [0.4, 0.5) is 5.69 Å².